The molecule has 0 fully saturated rings. The molecule has 0 saturated heterocycles. The predicted molar refractivity (Wildman–Crippen MR) is 96.3 cm³/mol. The van der Waals surface area contributed by atoms with Crippen LogP contribution in [-0.4, -0.2) is 33.2 Å². The SMILES string of the molecule is COc1ccc2c(c1)N(S(=O)(=O)c1ccc(C)cc1)CC[C@@H](N)[C@@H]2O. The second-order valence-electron chi connectivity index (χ2n) is 6.21. The van der Waals surface area contributed by atoms with Crippen molar-refractivity contribution in [3.8, 4) is 5.75 Å². The Morgan fingerprint density at radius 3 is 2.52 bits per heavy atom. The van der Waals surface area contributed by atoms with Crippen molar-refractivity contribution in [3.05, 3.63) is 53.6 Å². The number of sulfonamides is 1. The minimum absolute atomic E-state index is 0.189. The highest BCUT2D eigenvalue weighted by Crippen LogP contribution is 2.38. The zero-order valence-corrected chi connectivity index (χ0v) is 15.0. The Morgan fingerprint density at radius 2 is 1.88 bits per heavy atom. The van der Waals surface area contributed by atoms with Crippen LogP contribution in [0, 0.1) is 6.92 Å². The zero-order valence-electron chi connectivity index (χ0n) is 14.2. The maximum Gasteiger partial charge on any atom is 0.264 e. The summed E-state index contributed by atoms with van der Waals surface area (Å²) in [6, 6.07) is 11.2. The van der Waals surface area contributed by atoms with Gasteiger partial charge >= 0.3 is 0 Å². The number of fused-ring (bicyclic) bond motifs is 1. The Morgan fingerprint density at radius 1 is 1.20 bits per heavy atom. The maximum absolute atomic E-state index is 13.2. The van der Waals surface area contributed by atoms with Gasteiger partial charge in [0.25, 0.3) is 10.0 Å². The molecule has 3 rings (SSSR count). The molecule has 0 saturated carbocycles. The van der Waals surface area contributed by atoms with E-state index in [4.69, 9.17) is 10.5 Å². The highest BCUT2D eigenvalue weighted by molar-refractivity contribution is 7.92. The van der Waals surface area contributed by atoms with E-state index in [1.54, 1.807) is 42.5 Å². The van der Waals surface area contributed by atoms with Crippen LogP contribution in [0.25, 0.3) is 0 Å². The molecular formula is C18H22N2O4S. The topological polar surface area (TPSA) is 92.9 Å². The molecule has 6 nitrogen and oxygen atoms in total. The summed E-state index contributed by atoms with van der Waals surface area (Å²) in [6.07, 6.45) is -0.581. The summed E-state index contributed by atoms with van der Waals surface area (Å²) in [4.78, 5) is 0.205. The van der Waals surface area contributed by atoms with Crippen LogP contribution in [0.4, 0.5) is 5.69 Å². The standard InChI is InChI=1S/C18H22N2O4S/c1-12-3-6-14(7-4-12)25(22,23)20-10-9-16(19)18(21)15-8-5-13(24-2)11-17(15)20/h3-8,11,16,18,21H,9-10,19H2,1-2H3/t16-,18-/m1/s1. The molecule has 3 N–H and O–H groups in total. The van der Waals surface area contributed by atoms with E-state index >= 15 is 0 Å². The van der Waals surface area contributed by atoms with E-state index < -0.39 is 22.2 Å². The molecule has 2 aromatic rings. The third kappa shape index (κ3) is 3.22. The van der Waals surface area contributed by atoms with Gasteiger partial charge in [0, 0.05) is 24.2 Å². The van der Waals surface area contributed by atoms with E-state index in [0.717, 1.165) is 5.56 Å². The molecule has 0 bridgehead atoms. The summed E-state index contributed by atoms with van der Waals surface area (Å²) in [5, 5.41) is 10.5. The fraction of sp³-hybridized carbons (Fsp3) is 0.333. The Labute approximate surface area is 147 Å². The lowest BCUT2D eigenvalue weighted by Crippen LogP contribution is -2.34. The quantitative estimate of drug-likeness (QED) is 0.871. The van der Waals surface area contributed by atoms with Crippen LogP contribution in [0.1, 0.15) is 23.7 Å². The van der Waals surface area contributed by atoms with Gasteiger partial charge in [0.15, 0.2) is 0 Å². The number of aliphatic hydroxyl groups excluding tert-OH is 1. The average molecular weight is 362 g/mol. The van der Waals surface area contributed by atoms with Crippen LogP contribution in [0.3, 0.4) is 0 Å². The minimum atomic E-state index is -3.78. The van der Waals surface area contributed by atoms with E-state index in [-0.39, 0.29) is 11.4 Å². The van der Waals surface area contributed by atoms with Gasteiger partial charge in [-0.25, -0.2) is 8.42 Å². The molecule has 7 heteroatoms. The van der Waals surface area contributed by atoms with Crippen LogP contribution in [0.2, 0.25) is 0 Å². The van der Waals surface area contributed by atoms with E-state index in [9.17, 15) is 13.5 Å². The van der Waals surface area contributed by atoms with Crippen molar-refractivity contribution >= 4 is 15.7 Å². The first-order valence-electron chi connectivity index (χ1n) is 8.05. The Kier molecular flexibility index (Phi) is 4.73. The number of hydrogen-bond acceptors (Lipinski definition) is 5. The summed E-state index contributed by atoms with van der Waals surface area (Å²) in [5.41, 5.74) is 7.90. The van der Waals surface area contributed by atoms with Gasteiger partial charge in [-0.2, -0.15) is 0 Å². The number of methoxy groups -OCH3 is 1. The first kappa shape index (κ1) is 17.7. The molecule has 0 radical (unpaired) electrons. The smallest absolute Gasteiger partial charge is 0.264 e. The predicted octanol–water partition coefficient (Wildman–Crippen LogP) is 1.96. The van der Waals surface area contributed by atoms with Crippen LogP contribution in [0.5, 0.6) is 5.75 Å². The minimum Gasteiger partial charge on any atom is -0.497 e. The van der Waals surface area contributed by atoms with Gasteiger partial charge in [0.1, 0.15) is 5.75 Å². The maximum atomic E-state index is 13.2. The lowest BCUT2D eigenvalue weighted by atomic mass is 10.0. The lowest BCUT2D eigenvalue weighted by Gasteiger charge is -2.25. The molecule has 0 aromatic heterocycles. The van der Waals surface area contributed by atoms with Gasteiger partial charge in [-0.1, -0.05) is 23.8 Å². The summed E-state index contributed by atoms with van der Waals surface area (Å²) >= 11 is 0. The van der Waals surface area contributed by atoms with E-state index in [2.05, 4.69) is 0 Å². The molecule has 2 atom stereocenters. The Hall–Kier alpha value is -2.09. The van der Waals surface area contributed by atoms with Gasteiger partial charge in [-0.3, -0.25) is 4.31 Å². The number of nitrogens with zero attached hydrogens (tertiary/aromatic N) is 1. The van der Waals surface area contributed by atoms with Gasteiger partial charge in [0.05, 0.1) is 23.8 Å². The monoisotopic (exact) mass is 362 g/mol. The molecule has 2 aromatic carbocycles. The number of anilines is 1. The van der Waals surface area contributed by atoms with Crippen molar-refractivity contribution < 1.29 is 18.3 Å². The molecule has 1 heterocycles. The number of rotatable bonds is 3. The largest absolute Gasteiger partial charge is 0.497 e. The second kappa shape index (κ2) is 6.67. The molecule has 1 aliphatic heterocycles. The highest BCUT2D eigenvalue weighted by Gasteiger charge is 2.34. The van der Waals surface area contributed by atoms with Crippen LogP contribution < -0.4 is 14.8 Å². The van der Waals surface area contributed by atoms with Crippen molar-refractivity contribution in [3.63, 3.8) is 0 Å². The zero-order chi connectivity index (χ0) is 18.2. The number of nitrogens with two attached hydrogens (primary N) is 1. The summed E-state index contributed by atoms with van der Waals surface area (Å²) < 4.78 is 32.9. The van der Waals surface area contributed by atoms with Gasteiger partial charge in [-0.15, -0.1) is 0 Å². The fourth-order valence-corrected chi connectivity index (χ4v) is 4.48. The highest BCUT2D eigenvalue weighted by atomic mass is 32.2. The van der Waals surface area contributed by atoms with Gasteiger partial charge < -0.3 is 15.6 Å². The molecule has 1 aliphatic rings. The molecule has 0 amide bonds. The van der Waals surface area contributed by atoms with E-state index in [0.29, 0.717) is 23.4 Å². The van der Waals surface area contributed by atoms with Crippen LogP contribution in [0.15, 0.2) is 47.4 Å². The first-order valence-corrected chi connectivity index (χ1v) is 9.49. The van der Waals surface area contributed by atoms with Crippen molar-refractivity contribution in [2.45, 2.75) is 30.4 Å². The molecule has 0 aliphatic carbocycles. The summed E-state index contributed by atoms with van der Waals surface area (Å²) in [7, 11) is -2.26. The van der Waals surface area contributed by atoms with E-state index in [1.807, 2.05) is 6.92 Å². The second-order valence-corrected chi connectivity index (χ2v) is 8.07. The molecule has 25 heavy (non-hydrogen) atoms. The lowest BCUT2D eigenvalue weighted by molar-refractivity contribution is 0.146. The number of benzene rings is 2. The van der Waals surface area contributed by atoms with Crippen molar-refractivity contribution in [2.24, 2.45) is 5.73 Å². The molecule has 134 valence electrons. The normalized spacial score (nSPS) is 20.7. The fourth-order valence-electron chi connectivity index (χ4n) is 2.98. The third-order valence-corrected chi connectivity index (χ3v) is 6.33. The van der Waals surface area contributed by atoms with E-state index in [1.165, 1.54) is 11.4 Å². The van der Waals surface area contributed by atoms with Crippen LogP contribution >= 0.6 is 0 Å². The number of aryl methyl sites for hydroxylation is 1. The van der Waals surface area contributed by atoms with Crippen molar-refractivity contribution in [1.29, 1.82) is 0 Å². The Bertz CT molecular complexity index is 865. The first-order chi connectivity index (χ1) is 11.8. The van der Waals surface area contributed by atoms with Gasteiger partial charge in [0.2, 0.25) is 0 Å². The molecular weight excluding hydrogens is 340 g/mol. The number of aliphatic hydroxyl groups is 1. The summed E-state index contributed by atoms with van der Waals surface area (Å²) in [6.45, 7) is 2.09. The van der Waals surface area contributed by atoms with Crippen LogP contribution in [-0.2, 0) is 10.0 Å². The van der Waals surface area contributed by atoms with Gasteiger partial charge in [-0.05, 0) is 31.5 Å². The molecule has 0 unspecified atom stereocenters. The summed E-state index contributed by atoms with van der Waals surface area (Å²) in [5.74, 6) is 0.519. The molecule has 0 spiro atoms. The van der Waals surface area contributed by atoms with Crippen molar-refractivity contribution in [1.82, 2.24) is 0 Å². The number of ether oxygens (including phenoxy) is 1. The average Bonchev–Trinajstić information content (AvgIpc) is 2.72. The Balaban J connectivity index is 2.15. The van der Waals surface area contributed by atoms with Crippen molar-refractivity contribution in [2.75, 3.05) is 18.0 Å². The third-order valence-electron chi connectivity index (χ3n) is 4.50. The number of hydrogen-bond donors (Lipinski definition) is 2.